The summed E-state index contributed by atoms with van der Waals surface area (Å²) in [6, 6.07) is 0.808. The first-order valence-corrected chi connectivity index (χ1v) is 8.13. The molecule has 0 saturated heterocycles. The molecule has 1 aliphatic carbocycles. The third kappa shape index (κ3) is 6.22. The van der Waals surface area contributed by atoms with E-state index in [-0.39, 0.29) is 0 Å². The van der Waals surface area contributed by atoms with Crippen molar-refractivity contribution in [2.75, 3.05) is 6.54 Å². The highest BCUT2D eigenvalue weighted by molar-refractivity contribution is 4.83. The molecule has 0 spiro atoms. The fourth-order valence-electron chi connectivity index (χ4n) is 3.15. The maximum absolute atomic E-state index is 3.77. The number of unbranched alkanes of at least 4 members (excludes halogenated alkanes) is 1. The van der Waals surface area contributed by atoms with Gasteiger partial charge in [0.15, 0.2) is 0 Å². The topological polar surface area (TPSA) is 12.0 Å². The molecular formula is C17H35N. The van der Waals surface area contributed by atoms with E-state index in [2.05, 4.69) is 39.9 Å². The van der Waals surface area contributed by atoms with Crippen molar-refractivity contribution in [1.82, 2.24) is 5.32 Å². The highest BCUT2D eigenvalue weighted by Gasteiger charge is 2.29. The summed E-state index contributed by atoms with van der Waals surface area (Å²) in [6.07, 6.45) is 9.77. The quantitative estimate of drug-likeness (QED) is 0.656. The summed E-state index contributed by atoms with van der Waals surface area (Å²) < 4.78 is 0. The Morgan fingerprint density at radius 2 is 1.61 bits per heavy atom. The molecule has 0 atom stereocenters. The third-order valence-electron chi connectivity index (χ3n) is 4.59. The lowest BCUT2D eigenvalue weighted by molar-refractivity contribution is 0.160. The van der Waals surface area contributed by atoms with Crippen LogP contribution in [0.4, 0.5) is 0 Å². The van der Waals surface area contributed by atoms with Crippen molar-refractivity contribution in [3.63, 3.8) is 0 Å². The van der Waals surface area contributed by atoms with Crippen LogP contribution < -0.4 is 5.32 Å². The molecule has 0 bridgehead atoms. The molecule has 0 aliphatic heterocycles. The lowest BCUT2D eigenvalue weighted by atomic mass is 9.71. The molecule has 18 heavy (non-hydrogen) atoms. The summed E-state index contributed by atoms with van der Waals surface area (Å²) in [5.74, 6) is 1.81. The van der Waals surface area contributed by atoms with E-state index in [1.807, 2.05) is 0 Å². The first-order chi connectivity index (χ1) is 8.39. The second kappa shape index (κ2) is 7.53. The normalized spacial score (nSPS) is 25.7. The molecule has 1 rings (SSSR count). The fraction of sp³-hybridized carbons (Fsp3) is 1.00. The van der Waals surface area contributed by atoms with E-state index in [9.17, 15) is 0 Å². The van der Waals surface area contributed by atoms with Gasteiger partial charge in [-0.3, -0.25) is 0 Å². The molecule has 0 aromatic heterocycles. The van der Waals surface area contributed by atoms with E-state index in [0.717, 1.165) is 17.9 Å². The highest BCUT2D eigenvalue weighted by atomic mass is 14.9. The Hall–Kier alpha value is -0.0400. The third-order valence-corrected chi connectivity index (χ3v) is 4.59. The Kier molecular flexibility index (Phi) is 6.70. The van der Waals surface area contributed by atoms with Crippen LogP contribution in [0.25, 0.3) is 0 Å². The van der Waals surface area contributed by atoms with Crippen LogP contribution in [-0.2, 0) is 0 Å². The zero-order chi connectivity index (χ0) is 13.6. The van der Waals surface area contributed by atoms with Gasteiger partial charge in [-0.2, -0.15) is 0 Å². The van der Waals surface area contributed by atoms with Crippen LogP contribution in [0, 0.1) is 17.3 Å². The largest absolute Gasteiger partial charge is 0.314 e. The van der Waals surface area contributed by atoms with Gasteiger partial charge in [0.1, 0.15) is 0 Å². The molecule has 0 unspecified atom stereocenters. The zero-order valence-electron chi connectivity index (χ0n) is 13.4. The van der Waals surface area contributed by atoms with Gasteiger partial charge >= 0.3 is 0 Å². The predicted octanol–water partition coefficient (Wildman–Crippen LogP) is 5.01. The lowest BCUT2D eigenvalue weighted by Gasteiger charge is -2.37. The molecule has 1 fully saturated rings. The van der Waals surface area contributed by atoms with Crippen LogP contribution >= 0.6 is 0 Å². The molecule has 1 saturated carbocycles. The van der Waals surface area contributed by atoms with E-state index < -0.39 is 0 Å². The first-order valence-electron chi connectivity index (χ1n) is 8.13. The smallest absolute Gasteiger partial charge is 0.00672 e. The van der Waals surface area contributed by atoms with Gasteiger partial charge in [0.05, 0.1) is 0 Å². The van der Waals surface area contributed by atoms with Gasteiger partial charge in [-0.05, 0) is 55.9 Å². The van der Waals surface area contributed by atoms with Crippen molar-refractivity contribution in [3.05, 3.63) is 0 Å². The Labute approximate surface area is 115 Å². The summed E-state index contributed by atoms with van der Waals surface area (Å²) >= 11 is 0. The van der Waals surface area contributed by atoms with Gasteiger partial charge < -0.3 is 5.32 Å². The van der Waals surface area contributed by atoms with Crippen LogP contribution in [0.3, 0.4) is 0 Å². The minimum absolute atomic E-state index is 0.516. The SMILES string of the molecule is CC(C)CCCCNC1CCC(C(C)(C)C)CC1. The number of hydrogen-bond donors (Lipinski definition) is 1. The summed E-state index contributed by atoms with van der Waals surface area (Å²) in [5.41, 5.74) is 0.516. The molecule has 0 aromatic carbocycles. The molecule has 0 aromatic rings. The molecule has 1 nitrogen and oxygen atoms in total. The van der Waals surface area contributed by atoms with E-state index in [4.69, 9.17) is 0 Å². The minimum atomic E-state index is 0.516. The molecule has 0 radical (unpaired) electrons. The summed E-state index contributed by atoms with van der Waals surface area (Å²) in [5, 5.41) is 3.77. The summed E-state index contributed by atoms with van der Waals surface area (Å²) in [6.45, 7) is 13.1. The van der Waals surface area contributed by atoms with Crippen molar-refractivity contribution in [2.45, 2.75) is 85.6 Å². The Balaban J connectivity index is 2.06. The Morgan fingerprint density at radius 3 is 2.11 bits per heavy atom. The zero-order valence-corrected chi connectivity index (χ0v) is 13.4. The van der Waals surface area contributed by atoms with Gasteiger partial charge in [-0.25, -0.2) is 0 Å². The van der Waals surface area contributed by atoms with Gasteiger partial charge in [0.2, 0.25) is 0 Å². The van der Waals surface area contributed by atoms with Crippen LogP contribution in [0.5, 0.6) is 0 Å². The van der Waals surface area contributed by atoms with Gasteiger partial charge in [0.25, 0.3) is 0 Å². The average molecular weight is 253 g/mol. The van der Waals surface area contributed by atoms with E-state index in [0.29, 0.717) is 5.41 Å². The fourth-order valence-corrected chi connectivity index (χ4v) is 3.15. The number of hydrogen-bond acceptors (Lipinski definition) is 1. The van der Waals surface area contributed by atoms with Crippen LogP contribution in [0.15, 0.2) is 0 Å². The van der Waals surface area contributed by atoms with Crippen molar-refractivity contribution in [3.8, 4) is 0 Å². The average Bonchev–Trinajstić information content (AvgIpc) is 2.27. The summed E-state index contributed by atoms with van der Waals surface area (Å²) in [7, 11) is 0. The van der Waals surface area contributed by atoms with Crippen LogP contribution in [0.2, 0.25) is 0 Å². The van der Waals surface area contributed by atoms with E-state index >= 15 is 0 Å². The van der Waals surface area contributed by atoms with Crippen LogP contribution in [-0.4, -0.2) is 12.6 Å². The Morgan fingerprint density at radius 1 is 1.00 bits per heavy atom. The molecular weight excluding hydrogens is 218 g/mol. The molecule has 1 aliphatic rings. The molecule has 108 valence electrons. The van der Waals surface area contributed by atoms with Crippen molar-refractivity contribution in [2.24, 2.45) is 17.3 Å². The Bertz CT molecular complexity index is 206. The van der Waals surface area contributed by atoms with Gasteiger partial charge in [-0.1, -0.05) is 47.5 Å². The second-order valence-electron chi connectivity index (χ2n) is 7.76. The number of rotatable bonds is 6. The lowest BCUT2D eigenvalue weighted by Crippen LogP contribution is -2.36. The molecule has 0 heterocycles. The van der Waals surface area contributed by atoms with E-state index in [1.165, 1.54) is 51.5 Å². The second-order valence-corrected chi connectivity index (χ2v) is 7.76. The number of nitrogens with one attached hydrogen (secondary N) is 1. The highest BCUT2D eigenvalue weighted by Crippen LogP contribution is 2.37. The van der Waals surface area contributed by atoms with Crippen molar-refractivity contribution in [1.29, 1.82) is 0 Å². The maximum atomic E-state index is 3.77. The van der Waals surface area contributed by atoms with Crippen molar-refractivity contribution >= 4 is 0 Å². The molecule has 1 N–H and O–H groups in total. The first kappa shape index (κ1) is 16.0. The predicted molar refractivity (Wildman–Crippen MR) is 81.9 cm³/mol. The monoisotopic (exact) mass is 253 g/mol. The van der Waals surface area contributed by atoms with Gasteiger partial charge in [0, 0.05) is 6.04 Å². The van der Waals surface area contributed by atoms with Gasteiger partial charge in [-0.15, -0.1) is 0 Å². The summed E-state index contributed by atoms with van der Waals surface area (Å²) in [4.78, 5) is 0. The standard InChI is InChI=1S/C17H35N/c1-14(2)8-6-7-13-18-16-11-9-15(10-12-16)17(3,4)5/h14-16,18H,6-13H2,1-5H3. The molecule has 1 heteroatoms. The van der Waals surface area contributed by atoms with Crippen LogP contribution in [0.1, 0.15) is 79.6 Å². The maximum Gasteiger partial charge on any atom is 0.00672 e. The van der Waals surface area contributed by atoms with Crippen molar-refractivity contribution < 1.29 is 0 Å². The van der Waals surface area contributed by atoms with E-state index in [1.54, 1.807) is 0 Å². The minimum Gasteiger partial charge on any atom is -0.314 e. The molecule has 0 amide bonds.